The van der Waals surface area contributed by atoms with Crippen molar-refractivity contribution < 1.29 is 17.9 Å². The molecule has 0 unspecified atom stereocenters. The van der Waals surface area contributed by atoms with E-state index in [0.717, 1.165) is 19.3 Å². The predicted octanol–water partition coefficient (Wildman–Crippen LogP) is 3.50. The number of alkyl halides is 2. The highest BCUT2D eigenvalue weighted by Crippen LogP contribution is 2.53. The molecule has 0 aromatic rings. The summed E-state index contributed by atoms with van der Waals surface area (Å²) in [4.78, 5) is 12.3. The van der Waals surface area contributed by atoms with E-state index >= 15 is 0 Å². The first kappa shape index (κ1) is 18.3. The standard InChI is InChI=1S/C15H24Cl2O4S/c1-10(2)13(14(18)21-9-11-8-15(11,16)17)22(19,20)12-6-4-3-5-7-12/h10-13H,3-9H2,1-2H3/t11-,13-/m0/s1. The number of ether oxygens (including phenoxy) is 1. The Hall–Kier alpha value is -0.000000000000000111. The number of hydrogen-bond donors (Lipinski definition) is 0. The van der Waals surface area contributed by atoms with Crippen LogP contribution in [0.5, 0.6) is 0 Å². The molecule has 0 saturated heterocycles. The fraction of sp³-hybridized carbons (Fsp3) is 0.933. The predicted molar refractivity (Wildman–Crippen MR) is 87.9 cm³/mol. The van der Waals surface area contributed by atoms with Crippen LogP contribution in [0.4, 0.5) is 0 Å². The number of carbonyl (C=O) groups is 1. The van der Waals surface area contributed by atoms with E-state index < -0.39 is 30.6 Å². The molecule has 22 heavy (non-hydrogen) atoms. The number of sulfone groups is 1. The summed E-state index contributed by atoms with van der Waals surface area (Å²) >= 11 is 11.8. The molecule has 0 heterocycles. The lowest BCUT2D eigenvalue weighted by molar-refractivity contribution is -0.144. The summed E-state index contributed by atoms with van der Waals surface area (Å²) in [5, 5.41) is -1.50. The largest absolute Gasteiger partial charge is 0.464 e. The Labute approximate surface area is 142 Å². The number of hydrogen-bond acceptors (Lipinski definition) is 4. The van der Waals surface area contributed by atoms with Crippen molar-refractivity contribution in [3.05, 3.63) is 0 Å². The lowest BCUT2D eigenvalue weighted by atomic mass is 10.0. The highest BCUT2D eigenvalue weighted by Gasteiger charge is 2.53. The SMILES string of the molecule is CC(C)[C@@H](C(=O)OC[C@@H]1CC1(Cl)Cl)S(=O)(=O)C1CCCCC1. The van der Waals surface area contributed by atoms with Gasteiger partial charge in [0.05, 0.1) is 11.9 Å². The zero-order chi connectivity index (χ0) is 16.5. The van der Waals surface area contributed by atoms with Crippen LogP contribution in [0.25, 0.3) is 0 Å². The van der Waals surface area contributed by atoms with Crippen LogP contribution < -0.4 is 0 Å². The zero-order valence-electron chi connectivity index (χ0n) is 13.1. The second kappa shape index (κ2) is 6.86. The van der Waals surface area contributed by atoms with Crippen LogP contribution in [0.15, 0.2) is 0 Å². The van der Waals surface area contributed by atoms with Crippen molar-refractivity contribution >= 4 is 39.0 Å². The maximum absolute atomic E-state index is 12.8. The second-order valence-corrected chi connectivity index (χ2v) is 10.7. The Bertz CT molecular complexity index is 510. The molecule has 0 aliphatic heterocycles. The van der Waals surface area contributed by atoms with Crippen molar-refractivity contribution in [1.82, 2.24) is 0 Å². The molecule has 0 spiro atoms. The molecule has 2 rings (SSSR count). The molecule has 0 aromatic carbocycles. The Morgan fingerprint density at radius 3 is 2.23 bits per heavy atom. The summed E-state index contributed by atoms with van der Waals surface area (Å²) in [6.07, 6.45) is 4.75. The van der Waals surface area contributed by atoms with Crippen LogP contribution in [-0.4, -0.2) is 35.8 Å². The highest BCUT2D eigenvalue weighted by molar-refractivity contribution is 7.93. The number of esters is 1. The van der Waals surface area contributed by atoms with Crippen molar-refractivity contribution in [3.8, 4) is 0 Å². The van der Waals surface area contributed by atoms with Crippen molar-refractivity contribution in [1.29, 1.82) is 0 Å². The van der Waals surface area contributed by atoms with Crippen LogP contribution in [0.3, 0.4) is 0 Å². The molecule has 7 heteroatoms. The molecule has 0 N–H and O–H groups in total. The first-order valence-corrected chi connectivity index (χ1v) is 10.3. The molecule has 0 aromatic heterocycles. The molecular weight excluding hydrogens is 347 g/mol. The third-order valence-corrected chi connectivity index (χ3v) is 8.36. The minimum atomic E-state index is -3.52. The summed E-state index contributed by atoms with van der Waals surface area (Å²) in [7, 11) is -3.52. The van der Waals surface area contributed by atoms with Crippen molar-refractivity contribution in [2.24, 2.45) is 11.8 Å². The zero-order valence-corrected chi connectivity index (χ0v) is 15.4. The van der Waals surface area contributed by atoms with Gasteiger partial charge in [-0.2, -0.15) is 0 Å². The third-order valence-electron chi connectivity index (χ3n) is 4.59. The van der Waals surface area contributed by atoms with Gasteiger partial charge < -0.3 is 4.74 Å². The first-order chi connectivity index (χ1) is 10.2. The molecule has 2 fully saturated rings. The average molecular weight is 371 g/mol. The lowest BCUT2D eigenvalue weighted by Crippen LogP contribution is -2.43. The van der Waals surface area contributed by atoms with E-state index in [1.54, 1.807) is 13.8 Å². The molecule has 2 aliphatic carbocycles. The van der Waals surface area contributed by atoms with Crippen LogP contribution in [-0.2, 0) is 19.4 Å². The average Bonchev–Trinajstić information content (AvgIpc) is 3.04. The Kier molecular flexibility index (Phi) is 5.72. The number of rotatable bonds is 6. The van der Waals surface area contributed by atoms with E-state index in [1.165, 1.54) is 0 Å². The summed E-state index contributed by atoms with van der Waals surface area (Å²) in [5.74, 6) is -1.06. The normalized spacial score (nSPS) is 26.7. The van der Waals surface area contributed by atoms with Gasteiger partial charge in [-0.25, -0.2) is 8.42 Å². The Morgan fingerprint density at radius 1 is 1.23 bits per heavy atom. The van der Waals surface area contributed by atoms with Gasteiger partial charge in [-0.1, -0.05) is 33.1 Å². The van der Waals surface area contributed by atoms with E-state index in [9.17, 15) is 13.2 Å². The van der Waals surface area contributed by atoms with Crippen molar-refractivity contribution in [3.63, 3.8) is 0 Å². The molecule has 0 radical (unpaired) electrons. The van der Waals surface area contributed by atoms with E-state index in [4.69, 9.17) is 27.9 Å². The number of halogens is 2. The van der Waals surface area contributed by atoms with Gasteiger partial charge in [-0.05, 0) is 25.2 Å². The molecule has 128 valence electrons. The fourth-order valence-corrected chi connectivity index (χ4v) is 6.10. The van der Waals surface area contributed by atoms with Gasteiger partial charge in [0.15, 0.2) is 15.1 Å². The van der Waals surface area contributed by atoms with Gasteiger partial charge in [0.1, 0.15) is 4.33 Å². The van der Waals surface area contributed by atoms with E-state index in [-0.39, 0.29) is 18.4 Å². The number of carbonyl (C=O) groups excluding carboxylic acids is 1. The van der Waals surface area contributed by atoms with Crippen LogP contribution in [0, 0.1) is 11.8 Å². The summed E-state index contributed by atoms with van der Waals surface area (Å²) in [6, 6.07) is 0. The summed E-state index contributed by atoms with van der Waals surface area (Å²) in [6.45, 7) is 3.59. The van der Waals surface area contributed by atoms with Crippen LogP contribution in [0.1, 0.15) is 52.4 Å². The van der Waals surface area contributed by atoms with E-state index in [0.29, 0.717) is 19.3 Å². The Balaban J connectivity index is 2.03. The van der Waals surface area contributed by atoms with Crippen molar-refractivity contribution in [2.45, 2.75) is 67.2 Å². The molecule has 0 bridgehead atoms. The molecule has 2 saturated carbocycles. The quantitative estimate of drug-likeness (QED) is 0.530. The van der Waals surface area contributed by atoms with Gasteiger partial charge in [0.25, 0.3) is 0 Å². The van der Waals surface area contributed by atoms with Crippen LogP contribution in [0.2, 0.25) is 0 Å². The maximum atomic E-state index is 12.8. The minimum absolute atomic E-state index is 0.0925. The van der Waals surface area contributed by atoms with Crippen LogP contribution >= 0.6 is 23.2 Å². The fourth-order valence-electron chi connectivity index (χ4n) is 3.10. The molecule has 2 atom stereocenters. The first-order valence-electron chi connectivity index (χ1n) is 7.93. The molecule has 4 nitrogen and oxygen atoms in total. The highest BCUT2D eigenvalue weighted by atomic mass is 35.5. The smallest absolute Gasteiger partial charge is 0.324 e. The third kappa shape index (κ3) is 4.09. The van der Waals surface area contributed by atoms with Gasteiger partial charge in [0.2, 0.25) is 0 Å². The van der Waals surface area contributed by atoms with Crippen molar-refractivity contribution in [2.75, 3.05) is 6.61 Å². The maximum Gasteiger partial charge on any atom is 0.324 e. The lowest BCUT2D eigenvalue weighted by Gasteiger charge is -2.28. The molecular formula is C15H24Cl2O4S. The molecule has 0 amide bonds. The van der Waals surface area contributed by atoms with E-state index in [1.807, 2.05) is 0 Å². The topological polar surface area (TPSA) is 60.4 Å². The van der Waals surface area contributed by atoms with Gasteiger partial charge >= 0.3 is 5.97 Å². The summed E-state index contributed by atoms with van der Waals surface area (Å²) < 4.78 is 30.0. The van der Waals surface area contributed by atoms with Gasteiger partial charge in [-0.15, -0.1) is 23.2 Å². The second-order valence-electron chi connectivity index (χ2n) is 6.81. The van der Waals surface area contributed by atoms with Gasteiger partial charge in [0, 0.05) is 5.92 Å². The van der Waals surface area contributed by atoms with Gasteiger partial charge in [-0.3, -0.25) is 4.79 Å². The monoisotopic (exact) mass is 370 g/mol. The Morgan fingerprint density at radius 2 is 1.77 bits per heavy atom. The minimum Gasteiger partial charge on any atom is -0.464 e. The summed E-state index contributed by atoms with van der Waals surface area (Å²) in [5.41, 5.74) is 0. The molecule has 2 aliphatic rings. The van der Waals surface area contributed by atoms with E-state index in [2.05, 4.69) is 0 Å².